The molecule has 0 unspecified atom stereocenters. The number of fused-ring (bicyclic) bond motifs is 3. The van der Waals surface area contributed by atoms with Crippen LogP contribution >= 0.6 is 12.4 Å². The van der Waals surface area contributed by atoms with Crippen LogP contribution in [-0.2, 0) is 16.1 Å². The van der Waals surface area contributed by atoms with Gasteiger partial charge in [-0.25, -0.2) is 4.98 Å². The number of aryl methyl sites for hydroxylation is 1. The maximum absolute atomic E-state index is 13.2. The second-order valence-electron chi connectivity index (χ2n) is 8.48. The molecule has 0 atom stereocenters. The maximum atomic E-state index is 13.2. The van der Waals surface area contributed by atoms with Gasteiger partial charge in [0.2, 0.25) is 0 Å². The third-order valence-electron chi connectivity index (χ3n) is 6.23. The molecule has 1 saturated heterocycles. The quantitative estimate of drug-likeness (QED) is 0.433. The highest BCUT2D eigenvalue weighted by molar-refractivity contribution is 6.25. The number of imidazole rings is 1. The van der Waals surface area contributed by atoms with Gasteiger partial charge in [-0.3, -0.25) is 9.78 Å². The number of aromatic nitrogens is 3. The number of likely N-dealkylation sites (tertiary alicyclic amines) is 1. The van der Waals surface area contributed by atoms with E-state index in [2.05, 4.69) is 20.2 Å². The first-order valence-electron chi connectivity index (χ1n) is 11.8. The van der Waals surface area contributed by atoms with Gasteiger partial charge in [0, 0.05) is 31.8 Å². The molecule has 0 bridgehead atoms. The van der Waals surface area contributed by atoms with Crippen LogP contribution in [0.4, 0.5) is 5.69 Å². The van der Waals surface area contributed by atoms with Crippen molar-refractivity contribution in [3.05, 3.63) is 54.3 Å². The molecule has 9 nitrogen and oxygen atoms in total. The molecule has 3 aromatic rings. The number of pyridine rings is 1. The summed E-state index contributed by atoms with van der Waals surface area (Å²) in [6, 6.07) is 9.40. The van der Waals surface area contributed by atoms with Gasteiger partial charge in [-0.15, -0.1) is 12.4 Å². The summed E-state index contributed by atoms with van der Waals surface area (Å²) >= 11 is 0. The Morgan fingerprint density at radius 3 is 2.77 bits per heavy atom. The molecule has 186 valence electrons. The largest absolute Gasteiger partial charge is 0.511 e. The zero-order valence-electron chi connectivity index (χ0n) is 19.5. The van der Waals surface area contributed by atoms with Crippen molar-refractivity contribution in [2.75, 3.05) is 44.8 Å². The van der Waals surface area contributed by atoms with E-state index < -0.39 is 5.91 Å². The summed E-state index contributed by atoms with van der Waals surface area (Å²) in [6.45, 7) is 5.32. The molecule has 2 aliphatic heterocycles. The molecule has 4 heterocycles. The molecule has 10 heteroatoms. The van der Waals surface area contributed by atoms with Gasteiger partial charge in [-0.05, 0) is 38.1 Å². The summed E-state index contributed by atoms with van der Waals surface area (Å²) in [6.07, 6.45) is 6.04. The van der Waals surface area contributed by atoms with Crippen LogP contribution in [-0.4, -0.2) is 69.9 Å². The van der Waals surface area contributed by atoms with Gasteiger partial charge in [0.15, 0.2) is 0 Å². The zero-order valence-corrected chi connectivity index (χ0v) is 20.3. The minimum atomic E-state index is -0.450. The Labute approximate surface area is 210 Å². The molecule has 0 radical (unpaired) electrons. The number of aliphatic hydroxyl groups excluding tert-OH is 1. The van der Waals surface area contributed by atoms with E-state index >= 15 is 0 Å². The number of hydrogen-bond donors (Lipinski definition) is 2. The van der Waals surface area contributed by atoms with E-state index in [9.17, 15) is 9.90 Å². The number of nitrogens with one attached hydrogen (secondary N) is 1. The van der Waals surface area contributed by atoms with Crippen molar-refractivity contribution < 1.29 is 19.4 Å². The van der Waals surface area contributed by atoms with Gasteiger partial charge in [0.25, 0.3) is 5.91 Å². The number of carbonyl (C=O) groups excluding carboxylic acids is 1. The standard InChI is InChI=1S/C25H29N5O4.ClH/c31-21-8-12-30-20-6-2-1-5-18(20)27-24(30)23(21)25(32)28-19-17-26-9-7-22(19)34-16-15-33-14-13-29-10-3-4-11-29;/h1-2,5-7,9,17,31H,3-4,8,10-16H2,(H,28,32);1H. The molecule has 2 N–H and O–H groups in total. The second-order valence-corrected chi connectivity index (χ2v) is 8.48. The van der Waals surface area contributed by atoms with Crippen molar-refractivity contribution in [1.82, 2.24) is 19.4 Å². The van der Waals surface area contributed by atoms with Gasteiger partial charge in [-0.1, -0.05) is 12.1 Å². The molecule has 1 aromatic carbocycles. The summed E-state index contributed by atoms with van der Waals surface area (Å²) in [5.74, 6) is 0.530. The summed E-state index contributed by atoms with van der Waals surface area (Å²) in [4.78, 5) is 24.3. The predicted molar refractivity (Wildman–Crippen MR) is 136 cm³/mol. The van der Waals surface area contributed by atoms with Crippen molar-refractivity contribution in [2.24, 2.45) is 0 Å². The first-order chi connectivity index (χ1) is 16.7. The Morgan fingerprint density at radius 2 is 1.91 bits per heavy atom. The average molecular weight is 500 g/mol. The van der Waals surface area contributed by atoms with E-state index in [1.54, 1.807) is 12.3 Å². The lowest BCUT2D eigenvalue weighted by atomic mass is 10.1. The molecular formula is C25H30ClN5O4. The smallest absolute Gasteiger partial charge is 0.263 e. The SMILES string of the molecule is Cl.O=C(Nc1cnccc1OCCOCCN1CCCC1)C1=C(O)CCn2c1nc1ccccc12. The Balaban J connectivity index is 0.00000289. The van der Waals surface area contributed by atoms with Crippen molar-refractivity contribution in [3.8, 4) is 5.75 Å². The molecule has 2 aromatic heterocycles. The third-order valence-corrected chi connectivity index (χ3v) is 6.23. The monoisotopic (exact) mass is 499 g/mol. The fourth-order valence-corrected chi connectivity index (χ4v) is 4.50. The molecule has 2 aliphatic rings. The molecule has 1 fully saturated rings. The van der Waals surface area contributed by atoms with E-state index in [-0.39, 0.29) is 23.7 Å². The van der Waals surface area contributed by atoms with Crippen LogP contribution in [0.2, 0.25) is 0 Å². The number of halogens is 1. The van der Waals surface area contributed by atoms with Crippen LogP contribution in [0.25, 0.3) is 16.6 Å². The van der Waals surface area contributed by atoms with Gasteiger partial charge in [-0.2, -0.15) is 0 Å². The average Bonchev–Trinajstić information content (AvgIpc) is 3.49. The summed E-state index contributed by atoms with van der Waals surface area (Å²) in [5.41, 5.74) is 2.32. The maximum Gasteiger partial charge on any atom is 0.263 e. The molecule has 1 amide bonds. The topological polar surface area (TPSA) is 102 Å². The number of carbonyl (C=O) groups is 1. The van der Waals surface area contributed by atoms with Crippen LogP contribution < -0.4 is 10.1 Å². The fourth-order valence-electron chi connectivity index (χ4n) is 4.50. The Hall–Kier alpha value is -3.14. The Bertz CT molecular complexity index is 1210. The Morgan fingerprint density at radius 1 is 1.09 bits per heavy atom. The van der Waals surface area contributed by atoms with Crippen LogP contribution in [0.15, 0.2) is 48.5 Å². The lowest BCUT2D eigenvalue weighted by Gasteiger charge is -2.19. The first-order valence-corrected chi connectivity index (χ1v) is 11.8. The summed E-state index contributed by atoms with van der Waals surface area (Å²) in [7, 11) is 0. The number of amides is 1. The number of nitrogens with zero attached hydrogens (tertiary/aromatic N) is 4. The normalized spacial score (nSPS) is 15.7. The molecule has 0 aliphatic carbocycles. The van der Waals surface area contributed by atoms with Crippen molar-refractivity contribution in [2.45, 2.75) is 25.8 Å². The number of rotatable bonds is 9. The Kier molecular flexibility index (Phi) is 8.22. The lowest BCUT2D eigenvalue weighted by Crippen LogP contribution is -2.24. The van der Waals surface area contributed by atoms with E-state index in [4.69, 9.17) is 9.47 Å². The van der Waals surface area contributed by atoms with Gasteiger partial charge in [0.1, 0.15) is 35.2 Å². The predicted octanol–water partition coefficient (Wildman–Crippen LogP) is 3.66. The van der Waals surface area contributed by atoms with Crippen LogP contribution in [0.1, 0.15) is 25.1 Å². The van der Waals surface area contributed by atoms with Crippen LogP contribution in [0.5, 0.6) is 5.75 Å². The minimum absolute atomic E-state index is 0. The van der Waals surface area contributed by atoms with E-state index in [0.717, 1.165) is 30.7 Å². The molecular weight excluding hydrogens is 470 g/mol. The molecule has 0 spiro atoms. The van der Waals surface area contributed by atoms with E-state index in [1.165, 1.54) is 19.0 Å². The number of ether oxygens (including phenoxy) is 2. The summed E-state index contributed by atoms with van der Waals surface area (Å²) < 4.78 is 13.5. The minimum Gasteiger partial charge on any atom is -0.511 e. The van der Waals surface area contributed by atoms with Crippen molar-refractivity contribution in [3.63, 3.8) is 0 Å². The molecule has 5 rings (SSSR count). The van der Waals surface area contributed by atoms with E-state index in [1.807, 2.05) is 28.8 Å². The number of benzene rings is 1. The molecule has 35 heavy (non-hydrogen) atoms. The summed E-state index contributed by atoms with van der Waals surface area (Å²) in [5, 5.41) is 13.4. The van der Waals surface area contributed by atoms with E-state index in [0.29, 0.717) is 50.0 Å². The second kappa shape index (κ2) is 11.5. The van der Waals surface area contributed by atoms with Gasteiger partial charge < -0.3 is 29.4 Å². The van der Waals surface area contributed by atoms with Gasteiger partial charge >= 0.3 is 0 Å². The van der Waals surface area contributed by atoms with Crippen molar-refractivity contribution in [1.29, 1.82) is 0 Å². The number of anilines is 1. The van der Waals surface area contributed by atoms with Gasteiger partial charge in [0.05, 0.1) is 30.4 Å². The number of aliphatic hydroxyl groups is 1. The molecule has 0 saturated carbocycles. The van der Waals surface area contributed by atoms with Crippen molar-refractivity contribution >= 4 is 40.6 Å². The number of allylic oxidation sites excluding steroid dienone is 1. The van der Waals surface area contributed by atoms with Crippen LogP contribution in [0, 0.1) is 0 Å². The lowest BCUT2D eigenvalue weighted by molar-refractivity contribution is -0.111. The van der Waals surface area contributed by atoms with Crippen LogP contribution in [0.3, 0.4) is 0 Å². The fraction of sp³-hybridized carbons (Fsp3) is 0.400. The first kappa shape index (κ1) is 25.0. The highest BCUT2D eigenvalue weighted by Gasteiger charge is 2.28. The highest BCUT2D eigenvalue weighted by Crippen LogP contribution is 2.31. The highest BCUT2D eigenvalue weighted by atomic mass is 35.5. The number of hydrogen-bond acceptors (Lipinski definition) is 7. The zero-order chi connectivity index (χ0) is 23.3. The number of para-hydroxylation sites is 2. The third kappa shape index (κ3) is 5.58.